The molecule has 1 fully saturated rings. The van der Waals surface area contributed by atoms with E-state index in [1.807, 2.05) is 27.7 Å². The second-order valence-electron chi connectivity index (χ2n) is 7.02. The number of aromatic nitrogens is 1. The Morgan fingerprint density at radius 1 is 1.08 bits per heavy atom. The number of nitrogens with one attached hydrogen (secondary N) is 1. The number of nitrogens with zero attached hydrogens (tertiary/aromatic N) is 1. The Kier molecular flexibility index (Phi) is 4.39. The minimum atomic E-state index is -0.480. The van der Waals surface area contributed by atoms with Gasteiger partial charge in [-0.2, -0.15) is 0 Å². The Labute approximate surface area is 146 Å². The Morgan fingerprint density at radius 2 is 1.68 bits per heavy atom. The van der Waals surface area contributed by atoms with Crippen molar-refractivity contribution in [2.24, 2.45) is 0 Å². The van der Waals surface area contributed by atoms with Gasteiger partial charge in [0, 0.05) is 17.8 Å². The van der Waals surface area contributed by atoms with Crippen LogP contribution in [0.5, 0.6) is 0 Å². The molecule has 1 N–H and O–H groups in total. The third-order valence-electron chi connectivity index (χ3n) is 4.66. The number of carbonyl (C=O) groups is 1. The van der Waals surface area contributed by atoms with Crippen molar-refractivity contribution >= 4 is 24.3 Å². The molecule has 3 rings (SSSR count). The maximum atomic E-state index is 13.2. The fourth-order valence-electron chi connectivity index (χ4n) is 2.43. The highest BCUT2D eigenvalue weighted by Crippen LogP contribution is 2.36. The summed E-state index contributed by atoms with van der Waals surface area (Å²) in [6, 6.07) is 9.31. The van der Waals surface area contributed by atoms with Crippen molar-refractivity contribution in [1.29, 1.82) is 0 Å². The molecule has 1 saturated heterocycles. The van der Waals surface area contributed by atoms with Gasteiger partial charge in [0.1, 0.15) is 11.6 Å². The van der Waals surface area contributed by atoms with E-state index in [-0.39, 0.29) is 11.7 Å². The summed E-state index contributed by atoms with van der Waals surface area (Å²) in [6.45, 7) is 7.95. The van der Waals surface area contributed by atoms with Gasteiger partial charge in [0.15, 0.2) is 0 Å². The van der Waals surface area contributed by atoms with E-state index in [9.17, 15) is 9.18 Å². The zero-order valence-corrected chi connectivity index (χ0v) is 14.7. The molecule has 1 aliphatic heterocycles. The standard InChI is InChI=1S/C18H20BFN2O3/c1-17(2)18(3,4)25-19(24-17)13-7-5-12(6-8-13)16(23)22-15-11-14(20)9-10-21-15/h5-11H,1-4H3,(H,21,22,23). The number of anilines is 1. The fraction of sp³-hybridized carbons (Fsp3) is 0.333. The summed E-state index contributed by atoms with van der Waals surface area (Å²) < 4.78 is 25.1. The van der Waals surface area contributed by atoms with Crippen LogP contribution in [-0.2, 0) is 9.31 Å². The van der Waals surface area contributed by atoms with Crippen LogP contribution in [0.3, 0.4) is 0 Å². The second-order valence-corrected chi connectivity index (χ2v) is 7.02. The SMILES string of the molecule is CC1(C)OB(c2ccc(C(=O)Nc3cc(F)ccn3)cc2)OC1(C)C. The highest BCUT2D eigenvalue weighted by molar-refractivity contribution is 6.62. The van der Waals surface area contributed by atoms with E-state index >= 15 is 0 Å². The van der Waals surface area contributed by atoms with Gasteiger partial charge in [-0.25, -0.2) is 9.37 Å². The fourth-order valence-corrected chi connectivity index (χ4v) is 2.43. The van der Waals surface area contributed by atoms with Crippen LogP contribution in [-0.4, -0.2) is 29.2 Å². The molecule has 0 saturated carbocycles. The number of pyridine rings is 1. The molecule has 2 aromatic rings. The molecular formula is C18H20BFN2O3. The lowest BCUT2D eigenvalue weighted by Crippen LogP contribution is -2.41. The van der Waals surface area contributed by atoms with Crippen molar-refractivity contribution in [3.05, 3.63) is 54.0 Å². The third kappa shape index (κ3) is 3.57. The quantitative estimate of drug-likeness (QED) is 0.872. The molecule has 0 radical (unpaired) electrons. The molecule has 1 aliphatic rings. The molecule has 7 heteroatoms. The highest BCUT2D eigenvalue weighted by atomic mass is 19.1. The average Bonchev–Trinajstić information content (AvgIpc) is 2.75. The maximum Gasteiger partial charge on any atom is 0.494 e. The number of rotatable bonds is 3. The van der Waals surface area contributed by atoms with Gasteiger partial charge in [-0.3, -0.25) is 4.79 Å². The van der Waals surface area contributed by atoms with Gasteiger partial charge in [-0.1, -0.05) is 12.1 Å². The zero-order valence-electron chi connectivity index (χ0n) is 14.7. The van der Waals surface area contributed by atoms with Crippen molar-refractivity contribution < 1.29 is 18.5 Å². The van der Waals surface area contributed by atoms with Crippen LogP contribution in [0.2, 0.25) is 0 Å². The highest BCUT2D eigenvalue weighted by Gasteiger charge is 2.51. The maximum absolute atomic E-state index is 13.2. The Balaban J connectivity index is 1.71. The minimum absolute atomic E-state index is 0.167. The first-order valence-corrected chi connectivity index (χ1v) is 8.06. The molecule has 1 aromatic heterocycles. The molecule has 5 nitrogen and oxygen atoms in total. The summed E-state index contributed by atoms with van der Waals surface area (Å²) in [6.07, 6.45) is 1.30. The summed E-state index contributed by atoms with van der Waals surface area (Å²) in [5.41, 5.74) is 0.429. The Bertz CT molecular complexity index is 777. The molecule has 0 bridgehead atoms. The summed E-state index contributed by atoms with van der Waals surface area (Å²) in [7, 11) is -0.480. The van der Waals surface area contributed by atoms with Gasteiger partial charge < -0.3 is 14.6 Å². The Hall–Kier alpha value is -2.25. The van der Waals surface area contributed by atoms with Crippen LogP contribution >= 0.6 is 0 Å². The van der Waals surface area contributed by atoms with Gasteiger partial charge in [0.2, 0.25) is 0 Å². The molecule has 0 atom stereocenters. The average molecular weight is 342 g/mol. The largest absolute Gasteiger partial charge is 0.494 e. The van der Waals surface area contributed by atoms with E-state index in [0.29, 0.717) is 5.56 Å². The molecule has 0 aliphatic carbocycles. The van der Waals surface area contributed by atoms with E-state index in [2.05, 4.69) is 10.3 Å². The number of carbonyl (C=O) groups excluding carboxylic acids is 1. The lowest BCUT2D eigenvalue weighted by molar-refractivity contribution is 0.00578. The topological polar surface area (TPSA) is 60.5 Å². The smallest absolute Gasteiger partial charge is 0.399 e. The second kappa shape index (κ2) is 6.24. The Morgan fingerprint density at radius 3 is 2.24 bits per heavy atom. The van der Waals surface area contributed by atoms with Crippen molar-refractivity contribution in [2.45, 2.75) is 38.9 Å². The molecule has 1 aromatic carbocycles. The molecule has 2 heterocycles. The predicted octanol–water partition coefficient (Wildman–Crippen LogP) is 2.77. The molecule has 25 heavy (non-hydrogen) atoms. The summed E-state index contributed by atoms with van der Waals surface area (Å²) >= 11 is 0. The van der Waals surface area contributed by atoms with Crippen LogP contribution in [0.25, 0.3) is 0 Å². The van der Waals surface area contributed by atoms with Crippen molar-refractivity contribution in [2.75, 3.05) is 5.32 Å². The van der Waals surface area contributed by atoms with Crippen molar-refractivity contribution in [1.82, 2.24) is 4.98 Å². The zero-order chi connectivity index (χ0) is 18.2. The number of amides is 1. The number of hydrogen-bond donors (Lipinski definition) is 1. The lowest BCUT2D eigenvalue weighted by atomic mass is 9.79. The van der Waals surface area contributed by atoms with Crippen LogP contribution < -0.4 is 10.8 Å². The van der Waals surface area contributed by atoms with Crippen LogP contribution in [0, 0.1) is 5.82 Å². The monoisotopic (exact) mass is 342 g/mol. The lowest BCUT2D eigenvalue weighted by Gasteiger charge is -2.32. The van der Waals surface area contributed by atoms with Crippen LogP contribution in [0.4, 0.5) is 10.2 Å². The summed E-state index contributed by atoms with van der Waals surface area (Å²) in [5, 5.41) is 2.56. The number of benzene rings is 1. The van der Waals surface area contributed by atoms with E-state index in [0.717, 1.165) is 11.5 Å². The van der Waals surface area contributed by atoms with Gasteiger partial charge in [-0.05, 0) is 51.4 Å². The normalized spacial score (nSPS) is 18.2. The molecule has 0 unspecified atom stereocenters. The molecular weight excluding hydrogens is 322 g/mol. The van der Waals surface area contributed by atoms with E-state index in [4.69, 9.17) is 9.31 Å². The van der Waals surface area contributed by atoms with Crippen LogP contribution in [0.1, 0.15) is 38.1 Å². The molecule has 130 valence electrons. The van der Waals surface area contributed by atoms with Crippen LogP contribution in [0.15, 0.2) is 42.6 Å². The first-order chi connectivity index (χ1) is 11.7. The summed E-state index contributed by atoms with van der Waals surface area (Å²) in [5.74, 6) is -0.653. The van der Waals surface area contributed by atoms with Gasteiger partial charge >= 0.3 is 7.12 Å². The third-order valence-corrected chi connectivity index (χ3v) is 4.66. The van der Waals surface area contributed by atoms with E-state index < -0.39 is 24.1 Å². The van der Waals surface area contributed by atoms with E-state index in [1.54, 1.807) is 24.3 Å². The van der Waals surface area contributed by atoms with Gasteiger partial charge in [0.25, 0.3) is 5.91 Å². The number of hydrogen-bond acceptors (Lipinski definition) is 4. The minimum Gasteiger partial charge on any atom is -0.399 e. The van der Waals surface area contributed by atoms with Gasteiger partial charge in [0.05, 0.1) is 11.2 Å². The molecule has 1 amide bonds. The van der Waals surface area contributed by atoms with E-state index in [1.165, 1.54) is 12.3 Å². The van der Waals surface area contributed by atoms with Gasteiger partial charge in [-0.15, -0.1) is 0 Å². The molecule has 0 spiro atoms. The first-order valence-electron chi connectivity index (χ1n) is 8.06. The number of halogens is 1. The predicted molar refractivity (Wildman–Crippen MR) is 94.3 cm³/mol. The first kappa shape index (κ1) is 17.6. The van der Waals surface area contributed by atoms with Crippen molar-refractivity contribution in [3.8, 4) is 0 Å². The van der Waals surface area contributed by atoms with Crippen molar-refractivity contribution in [3.63, 3.8) is 0 Å². The summed E-state index contributed by atoms with van der Waals surface area (Å²) in [4.78, 5) is 16.1.